The molecule has 0 aromatic heterocycles. The summed E-state index contributed by atoms with van der Waals surface area (Å²) in [6, 6.07) is 1.09. The number of alkyl halides is 1. The molecule has 0 rings (SSSR count). The fourth-order valence-electron chi connectivity index (χ4n) is 1.16. The fourth-order valence-corrected chi connectivity index (χ4v) is 2.09. The van der Waals surface area contributed by atoms with Crippen LogP contribution in [0.1, 0.15) is 27.2 Å². The summed E-state index contributed by atoms with van der Waals surface area (Å²) in [5, 5.41) is 4.59. The van der Waals surface area contributed by atoms with Crippen LogP contribution in [0, 0.1) is 5.92 Å². The molecular formula is C10H22BrNO. The van der Waals surface area contributed by atoms with Gasteiger partial charge in [0.05, 0.1) is 0 Å². The van der Waals surface area contributed by atoms with E-state index in [1.807, 2.05) is 0 Å². The Bertz CT molecular complexity index is 119. The standard InChI is InChI=1S/C10H22BrNO/c1-8(2)10(7-11)12-9(3)5-6-13-4/h8-10,12H,5-7H2,1-4H3. The summed E-state index contributed by atoms with van der Waals surface area (Å²) in [6.07, 6.45) is 1.08. The van der Waals surface area contributed by atoms with Crippen LogP contribution >= 0.6 is 15.9 Å². The van der Waals surface area contributed by atoms with E-state index in [1.54, 1.807) is 7.11 Å². The highest BCUT2D eigenvalue weighted by Crippen LogP contribution is 2.06. The fraction of sp³-hybridized carbons (Fsp3) is 1.00. The van der Waals surface area contributed by atoms with E-state index in [9.17, 15) is 0 Å². The Morgan fingerprint density at radius 3 is 2.31 bits per heavy atom. The van der Waals surface area contributed by atoms with Gasteiger partial charge in [0.1, 0.15) is 0 Å². The first-order valence-electron chi connectivity index (χ1n) is 4.92. The highest BCUT2D eigenvalue weighted by Gasteiger charge is 2.13. The van der Waals surface area contributed by atoms with Crippen molar-refractivity contribution >= 4 is 15.9 Å². The Hall–Kier alpha value is 0.400. The average molecular weight is 252 g/mol. The Kier molecular flexibility index (Phi) is 8.01. The molecule has 0 saturated carbocycles. The number of hydrogen-bond acceptors (Lipinski definition) is 2. The molecule has 13 heavy (non-hydrogen) atoms. The van der Waals surface area contributed by atoms with Gasteiger partial charge in [-0.15, -0.1) is 0 Å². The number of methoxy groups -OCH3 is 1. The van der Waals surface area contributed by atoms with E-state index >= 15 is 0 Å². The van der Waals surface area contributed by atoms with Crippen molar-refractivity contribution in [3.05, 3.63) is 0 Å². The molecule has 0 saturated heterocycles. The van der Waals surface area contributed by atoms with Crippen LogP contribution in [-0.4, -0.2) is 31.1 Å². The van der Waals surface area contributed by atoms with E-state index in [1.165, 1.54) is 0 Å². The van der Waals surface area contributed by atoms with Crippen molar-refractivity contribution in [2.75, 3.05) is 19.0 Å². The van der Waals surface area contributed by atoms with Gasteiger partial charge in [0, 0.05) is 31.1 Å². The van der Waals surface area contributed by atoms with E-state index < -0.39 is 0 Å². The number of halogens is 1. The second-order valence-electron chi connectivity index (χ2n) is 3.85. The highest BCUT2D eigenvalue weighted by molar-refractivity contribution is 9.09. The number of ether oxygens (including phenoxy) is 1. The molecule has 3 heteroatoms. The summed E-state index contributed by atoms with van der Waals surface area (Å²) in [7, 11) is 1.75. The molecule has 0 heterocycles. The lowest BCUT2D eigenvalue weighted by molar-refractivity contribution is 0.181. The van der Waals surface area contributed by atoms with Crippen LogP contribution in [0.3, 0.4) is 0 Å². The Morgan fingerprint density at radius 2 is 1.92 bits per heavy atom. The van der Waals surface area contributed by atoms with Gasteiger partial charge in [-0.1, -0.05) is 29.8 Å². The molecule has 0 spiro atoms. The zero-order valence-corrected chi connectivity index (χ0v) is 10.7. The van der Waals surface area contributed by atoms with E-state index in [0.29, 0.717) is 18.0 Å². The first-order valence-corrected chi connectivity index (χ1v) is 6.04. The zero-order valence-electron chi connectivity index (χ0n) is 9.14. The summed E-state index contributed by atoms with van der Waals surface area (Å²) in [4.78, 5) is 0. The molecule has 2 atom stereocenters. The Labute approximate surface area is 90.6 Å². The van der Waals surface area contributed by atoms with E-state index in [0.717, 1.165) is 18.4 Å². The molecule has 80 valence electrons. The molecule has 0 amide bonds. The average Bonchev–Trinajstić information content (AvgIpc) is 2.10. The molecule has 0 aliphatic rings. The van der Waals surface area contributed by atoms with Crippen molar-refractivity contribution < 1.29 is 4.74 Å². The molecule has 1 N–H and O–H groups in total. The van der Waals surface area contributed by atoms with E-state index in [2.05, 4.69) is 42.0 Å². The molecule has 0 fully saturated rings. The third-order valence-corrected chi connectivity index (χ3v) is 2.92. The van der Waals surface area contributed by atoms with Crippen molar-refractivity contribution in [3.8, 4) is 0 Å². The Morgan fingerprint density at radius 1 is 1.31 bits per heavy atom. The van der Waals surface area contributed by atoms with Crippen molar-refractivity contribution in [2.24, 2.45) is 5.92 Å². The minimum absolute atomic E-state index is 0.532. The van der Waals surface area contributed by atoms with Gasteiger partial charge in [-0.05, 0) is 19.3 Å². The number of hydrogen-bond donors (Lipinski definition) is 1. The Balaban J connectivity index is 3.66. The summed E-state index contributed by atoms with van der Waals surface area (Å²) < 4.78 is 5.04. The van der Waals surface area contributed by atoms with E-state index in [4.69, 9.17) is 4.74 Å². The highest BCUT2D eigenvalue weighted by atomic mass is 79.9. The quantitative estimate of drug-likeness (QED) is 0.702. The van der Waals surface area contributed by atoms with Gasteiger partial charge in [0.15, 0.2) is 0 Å². The molecule has 0 radical (unpaired) electrons. The minimum atomic E-state index is 0.532. The van der Waals surface area contributed by atoms with Gasteiger partial charge < -0.3 is 10.1 Å². The van der Waals surface area contributed by atoms with Gasteiger partial charge >= 0.3 is 0 Å². The minimum Gasteiger partial charge on any atom is -0.385 e. The lowest BCUT2D eigenvalue weighted by Crippen LogP contribution is -2.41. The third-order valence-electron chi connectivity index (χ3n) is 2.22. The van der Waals surface area contributed by atoms with Crippen LogP contribution in [0.2, 0.25) is 0 Å². The first kappa shape index (κ1) is 13.4. The lowest BCUT2D eigenvalue weighted by Gasteiger charge is -2.24. The summed E-state index contributed by atoms with van der Waals surface area (Å²) in [5.74, 6) is 0.671. The maximum absolute atomic E-state index is 5.04. The molecule has 0 aromatic rings. The zero-order chi connectivity index (χ0) is 10.3. The summed E-state index contributed by atoms with van der Waals surface area (Å²) in [6.45, 7) is 7.52. The van der Waals surface area contributed by atoms with Crippen molar-refractivity contribution in [1.82, 2.24) is 5.32 Å². The van der Waals surface area contributed by atoms with Crippen molar-refractivity contribution in [3.63, 3.8) is 0 Å². The van der Waals surface area contributed by atoms with Gasteiger partial charge in [-0.3, -0.25) is 0 Å². The maximum atomic E-state index is 5.04. The summed E-state index contributed by atoms with van der Waals surface area (Å²) in [5.41, 5.74) is 0. The molecule has 0 aromatic carbocycles. The van der Waals surface area contributed by atoms with E-state index in [-0.39, 0.29) is 0 Å². The predicted molar refractivity (Wildman–Crippen MR) is 61.5 cm³/mol. The van der Waals surface area contributed by atoms with Gasteiger partial charge in [-0.2, -0.15) is 0 Å². The van der Waals surface area contributed by atoms with Crippen LogP contribution in [0.4, 0.5) is 0 Å². The maximum Gasteiger partial charge on any atom is 0.0476 e. The second kappa shape index (κ2) is 7.77. The van der Waals surface area contributed by atoms with Gasteiger partial charge in [-0.25, -0.2) is 0 Å². The largest absolute Gasteiger partial charge is 0.385 e. The molecule has 2 unspecified atom stereocenters. The number of nitrogens with one attached hydrogen (secondary N) is 1. The topological polar surface area (TPSA) is 21.3 Å². The van der Waals surface area contributed by atoms with Crippen molar-refractivity contribution in [2.45, 2.75) is 39.3 Å². The monoisotopic (exact) mass is 251 g/mol. The normalized spacial score (nSPS) is 16.2. The molecular weight excluding hydrogens is 230 g/mol. The van der Waals surface area contributed by atoms with Crippen LogP contribution in [-0.2, 0) is 4.74 Å². The van der Waals surface area contributed by atoms with Crippen LogP contribution in [0.5, 0.6) is 0 Å². The third kappa shape index (κ3) is 6.47. The van der Waals surface area contributed by atoms with Gasteiger partial charge in [0.25, 0.3) is 0 Å². The lowest BCUT2D eigenvalue weighted by atomic mass is 10.1. The predicted octanol–water partition coefficient (Wildman–Crippen LogP) is 2.42. The first-order chi connectivity index (χ1) is 6.11. The SMILES string of the molecule is COCCC(C)NC(CBr)C(C)C. The molecule has 0 bridgehead atoms. The smallest absolute Gasteiger partial charge is 0.0476 e. The van der Waals surface area contributed by atoms with Gasteiger partial charge in [0.2, 0.25) is 0 Å². The second-order valence-corrected chi connectivity index (χ2v) is 4.50. The van der Waals surface area contributed by atoms with Crippen LogP contribution in [0.15, 0.2) is 0 Å². The van der Waals surface area contributed by atoms with Crippen molar-refractivity contribution in [1.29, 1.82) is 0 Å². The molecule has 0 aliphatic carbocycles. The summed E-state index contributed by atoms with van der Waals surface area (Å²) >= 11 is 3.52. The molecule has 2 nitrogen and oxygen atoms in total. The molecule has 0 aliphatic heterocycles. The number of rotatable bonds is 7. The van der Waals surface area contributed by atoms with Crippen LogP contribution in [0.25, 0.3) is 0 Å². The van der Waals surface area contributed by atoms with Crippen LogP contribution < -0.4 is 5.32 Å².